The highest BCUT2D eigenvalue weighted by atomic mass is 32.2. The third kappa shape index (κ3) is 5.70. The Kier molecular flexibility index (Phi) is 7.29. The quantitative estimate of drug-likeness (QED) is 0.650. The number of hydrogen-bond acceptors (Lipinski definition) is 4. The minimum Gasteiger partial charge on any atom is -0.489 e. The Morgan fingerprint density at radius 1 is 1.20 bits per heavy atom. The molecule has 0 radical (unpaired) electrons. The Morgan fingerprint density at radius 2 is 1.93 bits per heavy atom. The fraction of sp³-hybridized carbons (Fsp3) is 0.348. The molecule has 0 spiro atoms. The topological polar surface area (TPSA) is 75.7 Å². The van der Waals surface area contributed by atoms with Crippen LogP contribution in [0.15, 0.2) is 61.2 Å². The summed E-state index contributed by atoms with van der Waals surface area (Å²) in [5, 5.41) is 2.92. The van der Waals surface area contributed by atoms with E-state index in [4.69, 9.17) is 4.74 Å². The van der Waals surface area contributed by atoms with E-state index >= 15 is 0 Å². The van der Waals surface area contributed by atoms with E-state index in [2.05, 4.69) is 11.9 Å². The highest BCUT2D eigenvalue weighted by Gasteiger charge is 2.31. The van der Waals surface area contributed by atoms with Crippen LogP contribution in [0.25, 0.3) is 0 Å². The second-order valence-corrected chi connectivity index (χ2v) is 9.44. The van der Waals surface area contributed by atoms with Crippen LogP contribution < -0.4 is 10.1 Å². The predicted octanol–water partition coefficient (Wildman–Crippen LogP) is 3.74. The standard InChI is InChI=1S/C23H28N2O4S/c1-3-15-29-22-10-6-9-21(16-22)24-23(26)19-11-13-25(14-12-19)30(27,28)17-20-8-5-4-7-18(20)2/h3-10,16,19H,1,11-15,17H2,2H3,(H,24,26). The average Bonchev–Trinajstić information content (AvgIpc) is 2.74. The second kappa shape index (κ2) is 9.91. The summed E-state index contributed by atoms with van der Waals surface area (Å²) in [5.74, 6) is 0.345. The molecule has 3 rings (SSSR count). The molecule has 30 heavy (non-hydrogen) atoms. The molecule has 2 aromatic rings. The van der Waals surface area contributed by atoms with Crippen LogP contribution in [0.1, 0.15) is 24.0 Å². The van der Waals surface area contributed by atoms with E-state index in [9.17, 15) is 13.2 Å². The Morgan fingerprint density at radius 3 is 2.63 bits per heavy atom. The van der Waals surface area contributed by atoms with E-state index < -0.39 is 10.0 Å². The number of nitrogens with one attached hydrogen (secondary N) is 1. The lowest BCUT2D eigenvalue weighted by Crippen LogP contribution is -2.41. The van der Waals surface area contributed by atoms with Gasteiger partial charge in [0.05, 0.1) is 5.75 Å². The summed E-state index contributed by atoms with van der Waals surface area (Å²) >= 11 is 0. The molecule has 0 saturated carbocycles. The minimum absolute atomic E-state index is 0.00592. The first kappa shape index (κ1) is 22.1. The Bertz CT molecular complexity index is 996. The summed E-state index contributed by atoms with van der Waals surface area (Å²) < 4.78 is 32.6. The van der Waals surface area contributed by atoms with E-state index in [1.807, 2.05) is 43.3 Å². The van der Waals surface area contributed by atoms with Gasteiger partial charge >= 0.3 is 0 Å². The fourth-order valence-corrected chi connectivity index (χ4v) is 5.19. The fourth-order valence-electron chi connectivity index (χ4n) is 3.52. The predicted molar refractivity (Wildman–Crippen MR) is 119 cm³/mol. The van der Waals surface area contributed by atoms with Crippen LogP contribution in [0.5, 0.6) is 5.75 Å². The number of anilines is 1. The lowest BCUT2D eigenvalue weighted by Gasteiger charge is -2.30. The van der Waals surface area contributed by atoms with Crippen LogP contribution in [0.2, 0.25) is 0 Å². The third-order valence-corrected chi connectivity index (χ3v) is 7.11. The first-order valence-electron chi connectivity index (χ1n) is 10.1. The second-order valence-electron chi connectivity index (χ2n) is 7.47. The molecule has 2 aromatic carbocycles. The van der Waals surface area contributed by atoms with Crippen molar-refractivity contribution in [1.29, 1.82) is 0 Å². The van der Waals surface area contributed by atoms with Crippen molar-refractivity contribution in [2.75, 3.05) is 25.0 Å². The monoisotopic (exact) mass is 428 g/mol. The minimum atomic E-state index is -3.40. The zero-order chi connectivity index (χ0) is 21.6. The summed E-state index contributed by atoms with van der Waals surface area (Å²) in [7, 11) is -3.40. The molecular formula is C23H28N2O4S. The number of piperidine rings is 1. The van der Waals surface area contributed by atoms with Gasteiger partial charge < -0.3 is 10.1 Å². The van der Waals surface area contributed by atoms with Gasteiger partial charge in [0.15, 0.2) is 0 Å². The number of aryl methyl sites for hydroxylation is 1. The summed E-state index contributed by atoms with van der Waals surface area (Å²) in [5.41, 5.74) is 2.45. The van der Waals surface area contributed by atoms with Gasteiger partial charge in [-0.25, -0.2) is 12.7 Å². The molecule has 1 saturated heterocycles. The Balaban J connectivity index is 1.55. The first-order chi connectivity index (χ1) is 14.4. The molecule has 1 N–H and O–H groups in total. The van der Waals surface area contributed by atoms with Crippen molar-refractivity contribution in [3.05, 3.63) is 72.3 Å². The molecule has 0 atom stereocenters. The van der Waals surface area contributed by atoms with Crippen molar-refractivity contribution >= 4 is 21.6 Å². The first-order valence-corrected chi connectivity index (χ1v) is 11.7. The number of carbonyl (C=O) groups is 1. The van der Waals surface area contributed by atoms with Crippen LogP contribution in [-0.4, -0.2) is 38.3 Å². The highest BCUT2D eigenvalue weighted by Crippen LogP contribution is 2.25. The normalized spacial score (nSPS) is 15.5. The van der Waals surface area contributed by atoms with Crippen LogP contribution in [0.3, 0.4) is 0 Å². The van der Waals surface area contributed by atoms with Gasteiger partial charge in [0.1, 0.15) is 12.4 Å². The molecule has 0 bridgehead atoms. The van der Waals surface area contributed by atoms with Crippen molar-refractivity contribution in [3.8, 4) is 5.75 Å². The van der Waals surface area contributed by atoms with Crippen molar-refractivity contribution in [2.24, 2.45) is 5.92 Å². The number of nitrogens with zero attached hydrogens (tertiary/aromatic N) is 1. The van der Waals surface area contributed by atoms with Crippen molar-refractivity contribution in [3.63, 3.8) is 0 Å². The van der Waals surface area contributed by atoms with Gasteiger partial charge in [-0.05, 0) is 43.0 Å². The van der Waals surface area contributed by atoms with Crippen molar-refractivity contribution in [1.82, 2.24) is 4.31 Å². The number of rotatable bonds is 8. The Hall–Kier alpha value is -2.64. The smallest absolute Gasteiger partial charge is 0.227 e. The molecule has 1 aliphatic heterocycles. The molecule has 0 aliphatic carbocycles. The van der Waals surface area contributed by atoms with Crippen LogP contribution in [-0.2, 0) is 20.6 Å². The van der Waals surface area contributed by atoms with Gasteiger partial charge in [0, 0.05) is 30.8 Å². The van der Waals surface area contributed by atoms with E-state index in [0.29, 0.717) is 44.0 Å². The summed E-state index contributed by atoms with van der Waals surface area (Å²) in [6, 6.07) is 14.7. The molecule has 0 aromatic heterocycles. The van der Waals surface area contributed by atoms with Gasteiger partial charge in [0.2, 0.25) is 15.9 Å². The zero-order valence-corrected chi connectivity index (χ0v) is 18.0. The SMILES string of the molecule is C=CCOc1cccc(NC(=O)C2CCN(S(=O)(=O)Cc3ccccc3C)CC2)c1. The maximum absolute atomic E-state index is 12.8. The number of amides is 1. The van der Waals surface area contributed by atoms with Crippen molar-refractivity contribution in [2.45, 2.75) is 25.5 Å². The molecule has 7 heteroatoms. The molecule has 1 heterocycles. The number of hydrogen-bond donors (Lipinski definition) is 1. The summed E-state index contributed by atoms with van der Waals surface area (Å²) in [6.07, 6.45) is 2.67. The van der Waals surface area contributed by atoms with Crippen LogP contribution >= 0.6 is 0 Å². The van der Waals surface area contributed by atoms with E-state index in [-0.39, 0.29) is 17.6 Å². The largest absolute Gasteiger partial charge is 0.489 e. The van der Waals surface area contributed by atoms with Gasteiger partial charge in [-0.2, -0.15) is 0 Å². The molecule has 1 fully saturated rings. The molecule has 160 valence electrons. The summed E-state index contributed by atoms with van der Waals surface area (Å²) in [6.45, 7) is 6.64. The third-order valence-electron chi connectivity index (χ3n) is 5.29. The maximum atomic E-state index is 12.8. The molecule has 1 aliphatic rings. The Labute approximate surface area is 178 Å². The van der Waals surface area contributed by atoms with Gasteiger partial charge in [0.25, 0.3) is 0 Å². The number of sulfonamides is 1. The summed E-state index contributed by atoms with van der Waals surface area (Å²) in [4.78, 5) is 12.6. The van der Waals surface area contributed by atoms with Gasteiger partial charge in [-0.15, -0.1) is 0 Å². The van der Waals surface area contributed by atoms with E-state index in [1.54, 1.807) is 18.2 Å². The molecular weight excluding hydrogens is 400 g/mol. The average molecular weight is 429 g/mol. The molecule has 6 nitrogen and oxygen atoms in total. The zero-order valence-electron chi connectivity index (χ0n) is 17.2. The number of ether oxygens (including phenoxy) is 1. The van der Waals surface area contributed by atoms with Gasteiger partial charge in [-0.3, -0.25) is 4.79 Å². The lowest BCUT2D eigenvalue weighted by molar-refractivity contribution is -0.120. The van der Waals surface area contributed by atoms with Crippen LogP contribution in [0.4, 0.5) is 5.69 Å². The number of benzene rings is 2. The number of carbonyl (C=O) groups excluding carboxylic acids is 1. The molecule has 0 unspecified atom stereocenters. The van der Waals surface area contributed by atoms with Crippen molar-refractivity contribution < 1.29 is 17.9 Å². The van der Waals surface area contributed by atoms with Crippen LogP contribution in [0, 0.1) is 12.8 Å². The molecule has 1 amide bonds. The van der Waals surface area contributed by atoms with E-state index in [0.717, 1.165) is 11.1 Å². The van der Waals surface area contributed by atoms with Gasteiger partial charge in [-0.1, -0.05) is 43.0 Å². The van der Waals surface area contributed by atoms with E-state index in [1.165, 1.54) is 4.31 Å². The lowest BCUT2D eigenvalue weighted by atomic mass is 9.97. The highest BCUT2D eigenvalue weighted by molar-refractivity contribution is 7.88. The maximum Gasteiger partial charge on any atom is 0.227 e.